The maximum Gasteiger partial charge on any atom is 0.416 e. The van der Waals surface area contributed by atoms with Crippen LogP contribution in [0.5, 0.6) is 0 Å². The van der Waals surface area contributed by atoms with Crippen LogP contribution in [0.1, 0.15) is 57.7 Å². The quantitative estimate of drug-likeness (QED) is 0.288. The first-order valence-electron chi connectivity index (χ1n) is 13.0. The number of alkyl halides is 3. The molecular formula is C30H25F3N6O. The van der Waals surface area contributed by atoms with Crippen molar-refractivity contribution in [3.8, 4) is 5.69 Å². The molecule has 1 amide bonds. The molecule has 0 atom stereocenters. The molecule has 0 unspecified atom stereocenters. The topological polar surface area (TPSA) is 77.1 Å². The summed E-state index contributed by atoms with van der Waals surface area (Å²) < 4.78 is 44.5. The molecule has 1 N–H and O–H groups in total. The van der Waals surface area contributed by atoms with Crippen LogP contribution in [0.25, 0.3) is 11.3 Å². The number of hydrogen-bond donors (Lipinski definition) is 1. The van der Waals surface area contributed by atoms with E-state index in [0.717, 1.165) is 53.9 Å². The fraction of sp³-hybridized carbons (Fsp3) is 0.267. The number of carbonyl (C=O) groups excluding carboxylic acids is 1. The Balaban J connectivity index is 1.15. The van der Waals surface area contributed by atoms with E-state index in [1.54, 1.807) is 25.4 Å². The Labute approximate surface area is 227 Å². The Bertz CT molecular complexity index is 1800. The van der Waals surface area contributed by atoms with E-state index in [1.807, 2.05) is 41.9 Å². The lowest BCUT2D eigenvalue weighted by atomic mass is 9.32. The summed E-state index contributed by atoms with van der Waals surface area (Å²) in [7, 11) is 0. The molecule has 10 heteroatoms. The van der Waals surface area contributed by atoms with E-state index >= 15 is 0 Å². The minimum atomic E-state index is -4.57. The van der Waals surface area contributed by atoms with E-state index in [1.165, 1.54) is 17.0 Å². The highest BCUT2D eigenvalue weighted by Crippen LogP contribution is 2.74. The average molecular weight is 543 g/mol. The van der Waals surface area contributed by atoms with Crippen LogP contribution in [0.4, 0.5) is 18.9 Å². The zero-order valence-corrected chi connectivity index (χ0v) is 21.8. The highest BCUT2D eigenvalue weighted by molar-refractivity contribution is 6.04. The van der Waals surface area contributed by atoms with E-state index in [2.05, 4.69) is 20.4 Å². The smallest absolute Gasteiger partial charge is 0.322 e. The van der Waals surface area contributed by atoms with E-state index in [9.17, 15) is 18.0 Å². The molecule has 202 valence electrons. The molecule has 0 radical (unpaired) electrons. The van der Waals surface area contributed by atoms with Gasteiger partial charge in [-0.25, -0.2) is 14.5 Å². The van der Waals surface area contributed by atoms with Gasteiger partial charge in [-0.15, -0.1) is 0 Å². The van der Waals surface area contributed by atoms with Crippen LogP contribution in [0.15, 0.2) is 73.4 Å². The first-order valence-corrected chi connectivity index (χ1v) is 13.0. The molecule has 8 rings (SSSR count). The van der Waals surface area contributed by atoms with Crippen molar-refractivity contribution >= 4 is 17.2 Å². The summed E-state index contributed by atoms with van der Waals surface area (Å²) >= 11 is 0. The van der Waals surface area contributed by atoms with Gasteiger partial charge in [0.15, 0.2) is 5.65 Å². The normalized spacial score (nSPS) is 21.6. The number of hydrogen-bond acceptors (Lipinski definition) is 4. The van der Waals surface area contributed by atoms with Crippen molar-refractivity contribution in [2.75, 3.05) is 5.32 Å². The van der Waals surface area contributed by atoms with Gasteiger partial charge in [0.2, 0.25) is 0 Å². The van der Waals surface area contributed by atoms with Crippen molar-refractivity contribution in [2.45, 2.75) is 50.1 Å². The molecule has 0 saturated heterocycles. The lowest BCUT2D eigenvalue weighted by Gasteiger charge is -2.71. The summed E-state index contributed by atoms with van der Waals surface area (Å²) in [6, 6.07) is 12.8. The predicted molar refractivity (Wildman–Crippen MR) is 143 cm³/mol. The van der Waals surface area contributed by atoms with Crippen molar-refractivity contribution in [3.63, 3.8) is 0 Å². The van der Waals surface area contributed by atoms with Crippen LogP contribution in [-0.4, -0.2) is 30.1 Å². The van der Waals surface area contributed by atoms with Crippen LogP contribution in [0.3, 0.4) is 0 Å². The lowest BCUT2D eigenvalue weighted by Crippen LogP contribution is -2.67. The Morgan fingerprint density at radius 3 is 2.52 bits per heavy atom. The number of amides is 1. The summed E-state index contributed by atoms with van der Waals surface area (Å²) in [6.07, 6.45) is 5.01. The van der Waals surface area contributed by atoms with Crippen LogP contribution < -0.4 is 5.32 Å². The van der Waals surface area contributed by atoms with Gasteiger partial charge in [-0.3, -0.25) is 4.79 Å². The number of aryl methyl sites for hydroxylation is 2. The number of fused-ring (bicyclic) bond motifs is 1. The van der Waals surface area contributed by atoms with Crippen molar-refractivity contribution in [2.24, 2.45) is 0 Å². The third-order valence-electron chi connectivity index (χ3n) is 8.44. The van der Waals surface area contributed by atoms with Gasteiger partial charge in [0.05, 0.1) is 29.5 Å². The van der Waals surface area contributed by atoms with E-state index < -0.39 is 17.6 Å². The molecule has 5 aromatic rings. The number of carbonyl (C=O) groups is 1. The number of rotatable bonds is 5. The number of anilines is 1. The highest BCUT2D eigenvalue weighted by Gasteiger charge is 2.70. The SMILES string of the molecule is Cc1cn(-c2cc(NC(=O)c3ccc(C)c(C45CC(c6cnc7cccnn67)(C4)C5)c3)cc(C(F)(F)F)c2)cn1. The second kappa shape index (κ2) is 8.27. The van der Waals surface area contributed by atoms with E-state index in [-0.39, 0.29) is 22.2 Å². The second-order valence-corrected chi connectivity index (χ2v) is 11.2. The summed E-state index contributed by atoms with van der Waals surface area (Å²) in [6.45, 7) is 3.79. The van der Waals surface area contributed by atoms with Gasteiger partial charge >= 0.3 is 6.18 Å². The van der Waals surface area contributed by atoms with E-state index in [0.29, 0.717) is 11.3 Å². The number of imidazole rings is 2. The molecule has 2 aromatic carbocycles. The monoisotopic (exact) mass is 542 g/mol. The molecule has 3 fully saturated rings. The Morgan fingerprint density at radius 2 is 1.80 bits per heavy atom. The molecule has 3 aromatic heterocycles. The molecule has 2 bridgehead atoms. The predicted octanol–water partition coefficient (Wildman–Crippen LogP) is 6.18. The summed E-state index contributed by atoms with van der Waals surface area (Å²) in [5.41, 5.74) is 4.70. The Morgan fingerprint density at radius 1 is 1.00 bits per heavy atom. The van der Waals surface area contributed by atoms with Crippen LogP contribution in [-0.2, 0) is 17.0 Å². The van der Waals surface area contributed by atoms with Crippen molar-refractivity contribution < 1.29 is 18.0 Å². The van der Waals surface area contributed by atoms with Crippen LogP contribution >= 0.6 is 0 Å². The molecule has 0 aliphatic heterocycles. The minimum absolute atomic E-state index is 0.0258. The highest BCUT2D eigenvalue weighted by atomic mass is 19.4. The standard InChI is InChI=1S/C30H25F3N6O/c1-18-5-6-20(8-24(18)28-14-29(15-28,16-28)25-12-34-26-4-3-7-36-39(25)26)27(40)37-22-9-21(30(31,32)33)10-23(11-22)38-13-19(2)35-17-38/h3-13,17H,14-16H2,1-2H3,(H,37,40). The molecule has 40 heavy (non-hydrogen) atoms. The summed E-state index contributed by atoms with van der Waals surface area (Å²) in [5.74, 6) is -0.458. The third kappa shape index (κ3) is 3.73. The van der Waals surface area contributed by atoms with Crippen molar-refractivity contribution in [1.29, 1.82) is 0 Å². The van der Waals surface area contributed by atoms with Gasteiger partial charge in [0, 0.05) is 34.7 Å². The maximum absolute atomic E-state index is 13.7. The third-order valence-corrected chi connectivity index (χ3v) is 8.44. The first-order chi connectivity index (χ1) is 19.1. The van der Waals surface area contributed by atoms with E-state index in [4.69, 9.17) is 0 Å². The van der Waals surface area contributed by atoms with Crippen molar-refractivity contribution in [1.82, 2.24) is 24.1 Å². The number of nitrogens with one attached hydrogen (secondary N) is 1. The number of benzene rings is 2. The molecule has 3 aliphatic carbocycles. The Kier molecular flexibility index (Phi) is 5.08. The minimum Gasteiger partial charge on any atom is -0.322 e. The van der Waals surface area contributed by atoms with Gasteiger partial charge in [0.25, 0.3) is 5.91 Å². The van der Waals surface area contributed by atoms with Gasteiger partial charge in [-0.05, 0) is 92.1 Å². The molecular weight excluding hydrogens is 517 g/mol. The van der Waals surface area contributed by atoms with Crippen molar-refractivity contribution in [3.05, 3.63) is 107 Å². The summed E-state index contributed by atoms with van der Waals surface area (Å²) in [4.78, 5) is 21.9. The van der Waals surface area contributed by atoms with Crippen LogP contribution in [0, 0.1) is 13.8 Å². The van der Waals surface area contributed by atoms with Crippen LogP contribution in [0.2, 0.25) is 0 Å². The molecule has 3 saturated carbocycles. The number of halogens is 3. The lowest BCUT2D eigenvalue weighted by molar-refractivity contribution is -0.137. The van der Waals surface area contributed by atoms with Gasteiger partial charge in [-0.1, -0.05) is 6.07 Å². The zero-order chi connectivity index (χ0) is 27.9. The summed E-state index contributed by atoms with van der Waals surface area (Å²) in [5, 5.41) is 7.17. The molecule has 3 heterocycles. The molecule has 0 spiro atoms. The second-order valence-electron chi connectivity index (χ2n) is 11.2. The first kappa shape index (κ1) is 24.6. The van der Waals surface area contributed by atoms with Gasteiger partial charge < -0.3 is 9.88 Å². The molecule has 3 aliphatic rings. The van der Waals surface area contributed by atoms with Gasteiger partial charge in [0.1, 0.15) is 0 Å². The zero-order valence-electron chi connectivity index (χ0n) is 21.8. The maximum atomic E-state index is 13.7. The largest absolute Gasteiger partial charge is 0.416 e. The van der Waals surface area contributed by atoms with Gasteiger partial charge in [-0.2, -0.15) is 18.3 Å². The fourth-order valence-corrected chi connectivity index (χ4v) is 6.63. The number of nitrogens with zero attached hydrogens (tertiary/aromatic N) is 5. The number of aromatic nitrogens is 5. The average Bonchev–Trinajstić information content (AvgIpc) is 3.49. The Hall–Kier alpha value is -4.47. The fourth-order valence-electron chi connectivity index (χ4n) is 6.63. The molecule has 7 nitrogen and oxygen atoms in total.